The summed E-state index contributed by atoms with van der Waals surface area (Å²) in [5, 5.41) is 0. The third-order valence-corrected chi connectivity index (χ3v) is 4.85. The normalized spacial score (nSPS) is 19.6. The van der Waals surface area contributed by atoms with Crippen LogP contribution in [0.5, 0.6) is 0 Å². The largest absolute Gasteiger partial charge is 0.525 e. The summed E-state index contributed by atoms with van der Waals surface area (Å²) in [5.74, 6) is -1.35. The van der Waals surface area contributed by atoms with Crippen molar-refractivity contribution in [3.05, 3.63) is 41.1 Å². The average Bonchev–Trinajstić information content (AvgIpc) is 2.78. The maximum absolute atomic E-state index is 15.3. The lowest BCUT2D eigenvalue weighted by molar-refractivity contribution is 0.00578. The summed E-state index contributed by atoms with van der Waals surface area (Å²) >= 11 is 0. The van der Waals surface area contributed by atoms with Crippen LogP contribution in [0.15, 0.2) is 23.9 Å². The predicted molar refractivity (Wildman–Crippen MR) is 96.2 cm³/mol. The molecule has 0 aliphatic carbocycles. The second-order valence-electron chi connectivity index (χ2n) is 7.40. The number of ether oxygens (including phenoxy) is 1. The van der Waals surface area contributed by atoms with Gasteiger partial charge in [0.15, 0.2) is 0 Å². The summed E-state index contributed by atoms with van der Waals surface area (Å²) in [6.07, 6.45) is 0.892. The number of hydrogen-bond donors (Lipinski definition) is 0. The zero-order chi connectivity index (χ0) is 19.5. The van der Waals surface area contributed by atoms with E-state index < -0.39 is 35.7 Å². The highest BCUT2D eigenvalue weighted by Gasteiger charge is 2.53. The van der Waals surface area contributed by atoms with Crippen LogP contribution in [-0.4, -0.2) is 31.5 Å². The molecule has 1 aromatic carbocycles. The Morgan fingerprint density at radius 2 is 1.69 bits per heavy atom. The standard InChI is InChI=1S/C19H26BF3O3/c1-6-10-24-11-9-14(15-12-13(21)7-8-16(15)22)17(23)20-25-18(2,3)19(4,5)26-20/h7-8,12H,6,9-11H2,1-5H3. The maximum Gasteiger partial charge on any atom is 0.525 e. The minimum atomic E-state index is -1.27. The zero-order valence-electron chi connectivity index (χ0n) is 16.0. The first-order valence-electron chi connectivity index (χ1n) is 8.86. The minimum absolute atomic E-state index is 0.00315. The summed E-state index contributed by atoms with van der Waals surface area (Å²) in [5.41, 5.74) is -2.37. The van der Waals surface area contributed by atoms with E-state index in [1.54, 1.807) is 27.7 Å². The highest BCUT2D eigenvalue weighted by molar-refractivity contribution is 6.55. The van der Waals surface area contributed by atoms with E-state index in [4.69, 9.17) is 14.0 Å². The molecular weight excluding hydrogens is 344 g/mol. The van der Waals surface area contributed by atoms with Gasteiger partial charge in [-0.2, -0.15) is 0 Å². The van der Waals surface area contributed by atoms with Crippen molar-refractivity contribution in [2.75, 3.05) is 13.2 Å². The Morgan fingerprint density at radius 1 is 1.08 bits per heavy atom. The van der Waals surface area contributed by atoms with Crippen LogP contribution in [0.1, 0.15) is 53.0 Å². The van der Waals surface area contributed by atoms with E-state index >= 15 is 4.39 Å². The molecule has 0 unspecified atom stereocenters. The Bertz CT molecular complexity index is 658. The van der Waals surface area contributed by atoms with Crippen molar-refractivity contribution in [1.29, 1.82) is 0 Å². The fourth-order valence-electron chi connectivity index (χ4n) is 2.62. The molecule has 1 saturated heterocycles. The number of rotatable bonds is 7. The zero-order valence-corrected chi connectivity index (χ0v) is 16.0. The van der Waals surface area contributed by atoms with Gasteiger partial charge in [0.1, 0.15) is 17.4 Å². The molecule has 0 amide bonds. The maximum atomic E-state index is 15.3. The van der Waals surface area contributed by atoms with Gasteiger partial charge in [-0.15, -0.1) is 0 Å². The molecule has 0 spiro atoms. The van der Waals surface area contributed by atoms with Gasteiger partial charge in [0.25, 0.3) is 0 Å². The van der Waals surface area contributed by atoms with Crippen LogP contribution in [0.25, 0.3) is 5.57 Å². The second kappa shape index (κ2) is 8.15. The molecule has 1 aromatic rings. The van der Waals surface area contributed by atoms with E-state index in [9.17, 15) is 8.78 Å². The smallest absolute Gasteiger partial charge is 0.398 e. The third kappa shape index (κ3) is 4.50. The number of halogens is 3. The lowest BCUT2D eigenvalue weighted by Gasteiger charge is -2.32. The molecule has 2 rings (SSSR count). The molecule has 0 aromatic heterocycles. The molecule has 0 bridgehead atoms. The third-order valence-electron chi connectivity index (χ3n) is 4.85. The van der Waals surface area contributed by atoms with Crippen molar-refractivity contribution >= 4 is 12.7 Å². The van der Waals surface area contributed by atoms with E-state index in [0.717, 1.165) is 24.6 Å². The lowest BCUT2D eigenvalue weighted by Crippen LogP contribution is -2.41. The van der Waals surface area contributed by atoms with Gasteiger partial charge < -0.3 is 14.0 Å². The van der Waals surface area contributed by atoms with Crippen molar-refractivity contribution in [3.8, 4) is 0 Å². The molecule has 3 nitrogen and oxygen atoms in total. The van der Waals surface area contributed by atoms with E-state index in [0.29, 0.717) is 6.61 Å². The van der Waals surface area contributed by atoms with E-state index in [1.807, 2.05) is 6.92 Å². The van der Waals surface area contributed by atoms with Crippen LogP contribution in [0.3, 0.4) is 0 Å². The fraction of sp³-hybridized carbons (Fsp3) is 0.579. The van der Waals surface area contributed by atoms with Gasteiger partial charge in [-0.3, -0.25) is 0 Å². The van der Waals surface area contributed by atoms with Gasteiger partial charge in [-0.25, -0.2) is 13.2 Å². The molecule has 7 heteroatoms. The van der Waals surface area contributed by atoms with Crippen LogP contribution >= 0.6 is 0 Å². The van der Waals surface area contributed by atoms with E-state index in [2.05, 4.69) is 0 Å². The van der Waals surface area contributed by atoms with Gasteiger partial charge in [-0.1, -0.05) is 6.92 Å². The Balaban J connectivity index is 2.39. The van der Waals surface area contributed by atoms with Crippen molar-refractivity contribution in [2.45, 2.75) is 58.7 Å². The van der Waals surface area contributed by atoms with Gasteiger partial charge in [0, 0.05) is 12.2 Å². The van der Waals surface area contributed by atoms with Crippen molar-refractivity contribution in [3.63, 3.8) is 0 Å². The average molecular weight is 370 g/mol. The highest BCUT2D eigenvalue weighted by Crippen LogP contribution is 2.41. The predicted octanol–water partition coefficient (Wildman–Crippen LogP) is 5.09. The highest BCUT2D eigenvalue weighted by atomic mass is 19.1. The summed E-state index contributed by atoms with van der Waals surface area (Å²) in [6, 6.07) is 2.96. The molecule has 1 aliphatic heterocycles. The van der Waals surface area contributed by atoms with Crippen molar-refractivity contribution in [2.24, 2.45) is 0 Å². The van der Waals surface area contributed by atoms with E-state index in [1.165, 1.54) is 0 Å². The minimum Gasteiger partial charge on any atom is -0.398 e. The molecule has 0 N–H and O–H groups in total. The first kappa shape index (κ1) is 21.0. The lowest BCUT2D eigenvalue weighted by atomic mass is 9.81. The molecular formula is C19H26BF3O3. The summed E-state index contributed by atoms with van der Waals surface area (Å²) in [6.45, 7) is 9.84. The van der Waals surface area contributed by atoms with Crippen LogP contribution in [0.2, 0.25) is 0 Å². The number of hydrogen-bond acceptors (Lipinski definition) is 3. The first-order valence-corrected chi connectivity index (χ1v) is 8.86. The fourth-order valence-corrected chi connectivity index (χ4v) is 2.62. The van der Waals surface area contributed by atoms with Crippen LogP contribution in [0, 0.1) is 11.6 Å². The van der Waals surface area contributed by atoms with Crippen LogP contribution in [-0.2, 0) is 14.0 Å². The van der Waals surface area contributed by atoms with E-state index in [-0.39, 0.29) is 24.2 Å². The Hall–Kier alpha value is -1.31. The van der Waals surface area contributed by atoms with Crippen LogP contribution in [0.4, 0.5) is 13.2 Å². The molecule has 0 saturated carbocycles. The molecule has 1 fully saturated rings. The molecule has 144 valence electrons. The molecule has 26 heavy (non-hydrogen) atoms. The quantitative estimate of drug-likeness (QED) is 0.494. The molecule has 1 aliphatic rings. The second-order valence-corrected chi connectivity index (χ2v) is 7.40. The summed E-state index contributed by atoms with van der Waals surface area (Å²) in [4.78, 5) is 0. The van der Waals surface area contributed by atoms with Gasteiger partial charge in [0.2, 0.25) is 0 Å². The van der Waals surface area contributed by atoms with Crippen molar-refractivity contribution in [1.82, 2.24) is 0 Å². The summed E-state index contributed by atoms with van der Waals surface area (Å²) < 4.78 is 60.0. The topological polar surface area (TPSA) is 27.7 Å². The molecule has 1 heterocycles. The molecule has 0 radical (unpaired) electrons. The first-order chi connectivity index (χ1) is 12.1. The number of benzene rings is 1. The molecule has 0 atom stereocenters. The Morgan fingerprint density at radius 3 is 2.27 bits per heavy atom. The Kier molecular flexibility index (Phi) is 6.58. The monoisotopic (exact) mass is 370 g/mol. The van der Waals surface area contributed by atoms with Gasteiger partial charge in [0.05, 0.1) is 17.8 Å². The van der Waals surface area contributed by atoms with Gasteiger partial charge in [-0.05, 0) is 64.3 Å². The summed E-state index contributed by atoms with van der Waals surface area (Å²) in [7, 11) is -1.27. The van der Waals surface area contributed by atoms with Gasteiger partial charge >= 0.3 is 7.12 Å². The SMILES string of the molecule is CCCOCCC(=C(F)B1OC(C)(C)C(C)(C)O1)c1cc(F)ccc1F. The van der Waals surface area contributed by atoms with Crippen LogP contribution < -0.4 is 0 Å². The Labute approximate surface area is 153 Å². The van der Waals surface area contributed by atoms with Crippen molar-refractivity contribution < 1.29 is 27.2 Å².